The van der Waals surface area contributed by atoms with Crippen LogP contribution in [0, 0.1) is 5.41 Å². The van der Waals surface area contributed by atoms with E-state index in [2.05, 4.69) is 25.3 Å². The maximum atomic E-state index is 12.4. The first kappa shape index (κ1) is 17.4. The van der Waals surface area contributed by atoms with Gasteiger partial charge in [0.2, 0.25) is 5.91 Å². The van der Waals surface area contributed by atoms with Crippen molar-refractivity contribution in [3.8, 4) is 11.4 Å². The first-order valence-corrected chi connectivity index (χ1v) is 9.04. The number of anilines is 1. The predicted molar refractivity (Wildman–Crippen MR) is 104 cm³/mol. The van der Waals surface area contributed by atoms with Gasteiger partial charge in [0.15, 0.2) is 5.82 Å². The molecule has 0 bridgehead atoms. The van der Waals surface area contributed by atoms with Crippen LogP contribution in [-0.4, -0.2) is 51.2 Å². The average molecular weight is 384 g/mol. The molecule has 1 fully saturated rings. The highest BCUT2D eigenvalue weighted by Gasteiger charge is 2.31. The number of carbonyl (C=O) groups excluding carboxylic acids is 1. The summed E-state index contributed by atoms with van der Waals surface area (Å²) in [5.74, 6) is 1.17. The van der Waals surface area contributed by atoms with E-state index in [-0.39, 0.29) is 18.5 Å². The van der Waals surface area contributed by atoms with Gasteiger partial charge >= 0.3 is 0 Å². The van der Waals surface area contributed by atoms with Crippen molar-refractivity contribution >= 4 is 40.6 Å². The molecule has 4 rings (SSSR count). The van der Waals surface area contributed by atoms with Gasteiger partial charge in [0.05, 0.1) is 11.6 Å². The van der Waals surface area contributed by atoms with Crippen LogP contribution >= 0.6 is 11.6 Å². The number of pyridine rings is 1. The third-order valence-corrected chi connectivity index (χ3v) is 4.81. The second kappa shape index (κ2) is 7.32. The lowest BCUT2D eigenvalue weighted by molar-refractivity contribution is -0.121. The van der Waals surface area contributed by atoms with E-state index < -0.39 is 0 Å². The van der Waals surface area contributed by atoms with Gasteiger partial charge in [-0.2, -0.15) is 0 Å². The molecule has 27 heavy (non-hydrogen) atoms. The van der Waals surface area contributed by atoms with Crippen LogP contribution in [0.3, 0.4) is 0 Å². The fourth-order valence-electron chi connectivity index (χ4n) is 3.38. The number of aromatic amines is 1. The van der Waals surface area contributed by atoms with Crippen LogP contribution in [0.25, 0.3) is 22.4 Å². The van der Waals surface area contributed by atoms with E-state index in [4.69, 9.17) is 17.0 Å². The summed E-state index contributed by atoms with van der Waals surface area (Å²) in [6.07, 6.45) is 7.94. The summed E-state index contributed by atoms with van der Waals surface area (Å²) in [5, 5.41) is 11.2. The van der Waals surface area contributed by atoms with Gasteiger partial charge in [-0.15, -0.1) is 0 Å². The predicted octanol–water partition coefficient (Wildman–Crippen LogP) is 2.41. The Kier molecular flexibility index (Phi) is 4.72. The van der Waals surface area contributed by atoms with Crippen LogP contribution in [0.15, 0.2) is 30.7 Å². The minimum absolute atomic E-state index is 0.0840. The van der Waals surface area contributed by atoms with Gasteiger partial charge in [-0.3, -0.25) is 4.79 Å². The van der Waals surface area contributed by atoms with Crippen LogP contribution in [0.2, 0.25) is 5.02 Å². The van der Waals surface area contributed by atoms with Gasteiger partial charge in [-0.25, -0.2) is 15.0 Å². The van der Waals surface area contributed by atoms with Crippen molar-refractivity contribution < 1.29 is 4.79 Å². The van der Waals surface area contributed by atoms with Crippen molar-refractivity contribution in [3.63, 3.8) is 0 Å². The molecule has 0 aromatic carbocycles. The molecule has 3 N–H and O–H groups in total. The number of aromatic nitrogens is 4. The van der Waals surface area contributed by atoms with E-state index in [0.717, 1.165) is 30.3 Å². The van der Waals surface area contributed by atoms with Gasteiger partial charge in [0.25, 0.3) is 0 Å². The lowest BCUT2D eigenvalue weighted by atomic mass is 10.2. The monoisotopic (exact) mass is 383 g/mol. The number of H-pyrrole nitrogens is 1. The van der Waals surface area contributed by atoms with Crippen molar-refractivity contribution in [2.45, 2.75) is 18.9 Å². The number of nitrogens with zero attached hydrogens (tertiary/aromatic N) is 4. The molecule has 1 atom stereocenters. The van der Waals surface area contributed by atoms with Crippen LogP contribution in [0.5, 0.6) is 0 Å². The first-order valence-electron chi connectivity index (χ1n) is 8.66. The number of rotatable bonds is 5. The summed E-state index contributed by atoms with van der Waals surface area (Å²) in [7, 11) is 0. The van der Waals surface area contributed by atoms with Crippen LogP contribution in [0.1, 0.15) is 12.8 Å². The lowest BCUT2D eigenvalue weighted by Gasteiger charge is -2.24. The summed E-state index contributed by atoms with van der Waals surface area (Å²) in [6.45, 7) is 0.988. The van der Waals surface area contributed by atoms with Crippen molar-refractivity contribution in [1.29, 1.82) is 5.41 Å². The molecule has 138 valence electrons. The molecule has 3 aromatic heterocycles. The van der Waals surface area contributed by atoms with Crippen LogP contribution in [0.4, 0.5) is 5.82 Å². The minimum atomic E-state index is -0.285. The average Bonchev–Trinajstić information content (AvgIpc) is 3.33. The van der Waals surface area contributed by atoms with Crippen LogP contribution in [-0.2, 0) is 4.79 Å². The van der Waals surface area contributed by atoms with Crippen molar-refractivity contribution in [3.05, 3.63) is 35.7 Å². The number of halogens is 1. The summed E-state index contributed by atoms with van der Waals surface area (Å²) < 4.78 is 0. The van der Waals surface area contributed by atoms with Crippen molar-refractivity contribution in [2.24, 2.45) is 0 Å². The Morgan fingerprint density at radius 2 is 2.37 bits per heavy atom. The quantitative estimate of drug-likeness (QED) is 0.586. The molecule has 9 heteroatoms. The molecule has 0 saturated carbocycles. The summed E-state index contributed by atoms with van der Waals surface area (Å²) >= 11 is 6.08. The van der Waals surface area contributed by atoms with E-state index in [1.54, 1.807) is 12.4 Å². The molecular weight excluding hydrogens is 366 g/mol. The van der Waals surface area contributed by atoms with Gasteiger partial charge in [-0.1, -0.05) is 11.6 Å². The molecular formula is C18H18ClN7O. The molecule has 3 aromatic rings. The van der Waals surface area contributed by atoms with Gasteiger partial charge < -0.3 is 20.6 Å². The minimum Gasteiger partial charge on any atom is -0.349 e. The molecule has 0 aliphatic carbocycles. The lowest BCUT2D eigenvalue weighted by Crippen LogP contribution is -2.44. The molecule has 0 radical (unpaired) electrons. The van der Waals surface area contributed by atoms with Crippen molar-refractivity contribution in [2.75, 3.05) is 18.0 Å². The Morgan fingerprint density at radius 3 is 3.22 bits per heavy atom. The van der Waals surface area contributed by atoms with E-state index in [9.17, 15) is 4.79 Å². The molecule has 1 saturated heterocycles. The third kappa shape index (κ3) is 3.35. The SMILES string of the molecule is N=CCNC(=O)[C@H]1CCCN1c1ccnc(-c2c[nH]c3ncc(Cl)cc23)n1. The van der Waals surface area contributed by atoms with Crippen LogP contribution < -0.4 is 10.2 Å². The highest BCUT2D eigenvalue weighted by atomic mass is 35.5. The largest absolute Gasteiger partial charge is 0.349 e. The van der Waals surface area contributed by atoms with E-state index >= 15 is 0 Å². The third-order valence-electron chi connectivity index (χ3n) is 4.61. The molecule has 0 unspecified atom stereocenters. The Hall–Kier alpha value is -3.00. The number of nitrogens with one attached hydrogen (secondary N) is 3. The van der Waals surface area contributed by atoms with Gasteiger partial charge in [-0.05, 0) is 25.0 Å². The standard InChI is InChI=1S/C18H18ClN7O/c19-11-8-12-13(10-24-16(12)23-9-11)17-21-5-3-15(25-17)26-7-1-2-14(26)18(27)22-6-4-20/h3-5,8-10,14,20H,1-2,6-7H2,(H,22,27)(H,23,24)/t14-/m1/s1. The molecule has 0 spiro atoms. The zero-order chi connectivity index (χ0) is 18.8. The highest BCUT2D eigenvalue weighted by Crippen LogP contribution is 2.29. The normalized spacial score (nSPS) is 16.6. The summed E-state index contributed by atoms with van der Waals surface area (Å²) in [6, 6.07) is 3.35. The zero-order valence-corrected chi connectivity index (χ0v) is 15.2. The Bertz CT molecular complexity index is 1000. The maximum Gasteiger partial charge on any atom is 0.243 e. The number of amides is 1. The topological polar surface area (TPSA) is 111 Å². The number of fused-ring (bicyclic) bond motifs is 1. The van der Waals surface area contributed by atoms with Gasteiger partial charge in [0, 0.05) is 42.3 Å². The second-order valence-electron chi connectivity index (χ2n) is 6.29. The first-order chi connectivity index (χ1) is 13.2. The fourth-order valence-corrected chi connectivity index (χ4v) is 3.54. The zero-order valence-electron chi connectivity index (χ0n) is 14.4. The molecule has 4 heterocycles. The number of hydrogen-bond donors (Lipinski definition) is 3. The molecule has 1 aliphatic rings. The Morgan fingerprint density at radius 1 is 1.48 bits per heavy atom. The van der Waals surface area contributed by atoms with E-state index in [1.807, 2.05) is 23.2 Å². The molecule has 1 amide bonds. The Balaban J connectivity index is 1.67. The number of hydrogen-bond acceptors (Lipinski definition) is 6. The van der Waals surface area contributed by atoms with Crippen molar-refractivity contribution in [1.82, 2.24) is 25.3 Å². The fraction of sp³-hybridized carbons (Fsp3) is 0.278. The highest BCUT2D eigenvalue weighted by molar-refractivity contribution is 6.31. The molecule has 1 aliphatic heterocycles. The van der Waals surface area contributed by atoms with E-state index in [0.29, 0.717) is 22.3 Å². The van der Waals surface area contributed by atoms with Gasteiger partial charge in [0.1, 0.15) is 17.5 Å². The summed E-state index contributed by atoms with van der Waals surface area (Å²) in [5.41, 5.74) is 1.53. The second-order valence-corrected chi connectivity index (χ2v) is 6.73. The summed E-state index contributed by atoms with van der Waals surface area (Å²) in [4.78, 5) is 30.8. The van der Waals surface area contributed by atoms with E-state index in [1.165, 1.54) is 6.21 Å². The number of carbonyl (C=O) groups is 1. The molecule has 8 nitrogen and oxygen atoms in total. The smallest absolute Gasteiger partial charge is 0.243 e. The maximum absolute atomic E-state index is 12.4. The Labute approximate surface area is 160 Å².